The predicted octanol–water partition coefficient (Wildman–Crippen LogP) is 0.456. The van der Waals surface area contributed by atoms with Crippen LogP contribution in [0.2, 0.25) is 0 Å². The van der Waals surface area contributed by atoms with Gasteiger partial charge >= 0.3 is 0 Å². The molecule has 0 unspecified atom stereocenters. The zero-order chi connectivity index (χ0) is 15.8. The average Bonchev–Trinajstić information content (AvgIpc) is 3.06. The van der Waals surface area contributed by atoms with Gasteiger partial charge in [-0.2, -0.15) is 0 Å². The summed E-state index contributed by atoms with van der Waals surface area (Å²) in [6.45, 7) is 1.61. The molecule has 2 fully saturated rings. The van der Waals surface area contributed by atoms with Gasteiger partial charge in [0.05, 0.1) is 23.9 Å². The molecule has 1 amide bonds. The van der Waals surface area contributed by atoms with Gasteiger partial charge in [-0.05, 0) is 19.3 Å². The van der Waals surface area contributed by atoms with Gasteiger partial charge in [0.1, 0.15) is 5.69 Å². The Kier molecular flexibility index (Phi) is 4.23. The molecule has 0 radical (unpaired) electrons. The van der Waals surface area contributed by atoms with Crippen LogP contribution in [0, 0.1) is 0 Å². The first-order valence-electron chi connectivity index (χ1n) is 7.16. The minimum atomic E-state index is -3.23. The first-order valence-corrected chi connectivity index (χ1v) is 9.99. The molecule has 1 N–H and O–H groups in total. The van der Waals surface area contributed by atoms with E-state index in [2.05, 4.69) is 9.71 Å². The number of rotatable bonds is 3. The Balaban J connectivity index is 1.66. The number of likely N-dealkylation sites (tertiary alicyclic amines) is 1. The lowest BCUT2D eigenvalue weighted by Gasteiger charge is -2.38. The molecule has 22 heavy (non-hydrogen) atoms. The minimum absolute atomic E-state index is 0.0834. The molecule has 0 aromatic carbocycles. The lowest BCUT2D eigenvalue weighted by molar-refractivity contribution is -0.0763. The van der Waals surface area contributed by atoms with E-state index in [-0.39, 0.29) is 11.9 Å². The third-order valence-corrected chi connectivity index (χ3v) is 5.48. The van der Waals surface area contributed by atoms with Crippen LogP contribution in [-0.2, 0) is 14.8 Å². The van der Waals surface area contributed by atoms with Crippen LogP contribution in [0.5, 0.6) is 0 Å². The summed E-state index contributed by atoms with van der Waals surface area (Å²) in [5.41, 5.74) is 1.66. The van der Waals surface area contributed by atoms with Crippen LogP contribution < -0.4 is 4.72 Å². The highest BCUT2D eigenvalue weighted by Crippen LogP contribution is 2.35. The Labute approximate surface area is 133 Å². The second-order valence-corrected chi connectivity index (χ2v) is 8.46. The van der Waals surface area contributed by atoms with Crippen molar-refractivity contribution in [3.8, 4) is 0 Å². The molecule has 0 bridgehead atoms. The normalized spacial score (nSPS) is 29.1. The molecule has 1 aromatic rings. The number of carbonyl (C=O) groups is 1. The van der Waals surface area contributed by atoms with Crippen molar-refractivity contribution in [1.29, 1.82) is 0 Å². The molecule has 7 nitrogen and oxygen atoms in total. The summed E-state index contributed by atoms with van der Waals surface area (Å²) in [6, 6.07) is -0.127. The van der Waals surface area contributed by atoms with E-state index in [4.69, 9.17) is 4.74 Å². The van der Waals surface area contributed by atoms with Crippen LogP contribution in [0.25, 0.3) is 0 Å². The summed E-state index contributed by atoms with van der Waals surface area (Å²) in [4.78, 5) is 18.1. The van der Waals surface area contributed by atoms with E-state index in [0.29, 0.717) is 38.2 Å². The molecule has 3 rings (SSSR count). The van der Waals surface area contributed by atoms with E-state index in [9.17, 15) is 13.2 Å². The van der Waals surface area contributed by atoms with Crippen LogP contribution >= 0.6 is 11.3 Å². The molecule has 9 heteroatoms. The number of ether oxygens (including phenoxy) is 1. The SMILES string of the molecule is CS(=O)(=O)N[C@H]1CCO[C@]2(CCN(C(=O)c3cscn3)C2)C1. The minimum Gasteiger partial charge on any atom is -0.373 e. The fourth-order valence-electron chi connectivity index (χ4n) is 3.21. The molecule has 1 spiro atoms. The fourth-order valence-corrected chi connectivity index (χ4v) is 4.55. The second kappa shape index (κ2) is 5.88. The molecule has 122 valence electrons. The van der Waals surface area contributed by atoms with E-state index in [0.717, 1.165) is 6.42 Å². The van der Waals surface area contributed by atoms with Crippen molar-refractivity contribution in [3.05, 3.63) is 16.6 Å². The topological polar surface area (TPSA) is 88.6 Å². The van der Waals surface area contributed by atoms with Crippen LogP contribution in [0.3, 0.4) is 0 Å². The molecule has 3 heterocycles. The van der Waals surface area contributed by atoms with E-state index in [1.54, 1.807) is 15.8 Å². The lowest BCUT2D eigenvalue weighted by atomic mass is 9.90. The molecular weight excluding hydrogens is 326 g/mol. The van der Waals surface area contributed by atoms with Gasteiger partial charge in [-0.3, -0.25) is 4.79 Å². The maximum Gasteiger partial charge on any atom is 0.273 e. The zero-order valence-corrected chi connectivity index (χ0v) is 14.0. The Hall–Kier alpha value is -1.03. The smallest absolute Gasteiger partial charge is 0.273 e. The van der Waals surface area contributed by atoms with E-state index >= 15 is 0 Å². The number of sulfonamides is 1. The maximum absolute atomic E-state index is 12.3. The molecule has 2 aliphatic heterocycles. The van der Waals surface area contributed by atoms with E-state index < -0.39 is 15.6 Å². The standard InChI is InChI=1S/C13H19N3O4S2/c1-22(18,19)15-10-2-5-20-13(6-10)3-4-16(8-13)12(17)11-7-21-9-14-11/h7,9-10,15H,2-6,8H2,1H3/t10-,13+/m0/s1. The number of thiazole rings is 1. The number of nitrogens with one attached hydrogen (secondary N) is 1. The molecule has 0 saturated carbocycles. The van der Waals surface area contributed by atoms with Gasteiger partial charge in [0.2, 0.25) is 10.0 Å². The second-order valence-electron chi connectivity index (χ2n) is 5.96. The maximum atomic E-state index is 12.3. The molecule has 1 aromatic heterocycles. The molecule has 2 aliphatic rings. The lowest BCUT2D eigenvalue weighted by Crippen LogP contribution is -2.50. The average molecular weight is 345 g/mol. The van der Waals surface area contributed by atoms with Crippen LogP contribution in [-0.4, -0.2) is 61.8 Å². The van der Waals surface area contributed by atoms with Gasteiger partial charge in [0.15, 0.2) is 0 Å². The fraction of sp³-hybridized carbons (Fsp3) is 0.692. The Morgan fingerprint density at radius 2 is 2.41 bits per heavy atom. The molecule has 0 aliphatic carbocycles. The summed E-state index contributed by atoms with van der Waals surface area (Å²) in [7, 11) is -3.23. The van der Waals surface area contributed by atoms with Crippen molar-refractivity contribution in [1.82, 2.24) is 14.6 Å². The Morgan fingerprint density at radius 3 is 3.09 bits per heavy atom. The summed E-state index contributed by atoms with van der Waals surface area (Å²) < 4.78 is 31.4. The van der Waals surface area contributed by atoms with Gasteiger partial charge < -0.3 is 9.64 Å². The first kappa shape index (κ1) is 15.9. The number of hydrogen-bond acceptors (Lipinski definition) is 6. The number of aromatic nitrogens is 1. The highest BCUT2D eigenvalue weighted by Gasteiger charge is 2.45. The summed E-state index contributed by atoms with van der Waals surface area (Å²) in [5, 5.41) is 1.74. The van der Waals surface area contributed by atoms with Gasteiger partial charge in [-0.25, -0.2) is 18.1 Å². The third-order valence-electron chi connectivity index (χ3n) is 4.13. The largest absolute Gasteiger partial charge is 0.373 e. The Morgan fingerprint density at radius 1 is 1.59 bits per heavy atom. The monoisotopic (exact) mass is 345 g/mol. The number of nitrogens with zero attached hydrogens (tertiary/aromatic N) is 2. The van der Waals surface area contributed by atoms with Crippen LogP contribution in [0.15, 0.2) is 10.9 Å². The summed E-state index contributed by atoms with van der Waals surface area (Å²) >= 11 is 1.39. The van der Waals surface area contributed by atoms with Crippen LogP contribution in [0.4, 0.5) is 0 Å². The molecule has 2 saturated heterocycles. The molecular formula is C13H19N3O4S2. The number of carbonyl (C=O) groups excluding carboxylic acids is 1. The zero-order valence-electron chi connectivity index (χ0n) is 12.3. The van der Waals surface area contributed by atoms with Crippen molar-refractivity contribution in [2.75, 3.05) is 26.0 Å². The van der Waals surface area contributed by atoms with Gasteiger partial charge in [0, 0.05) is 24.6 Å². The third kappa shape index (κ3) is 3.48. The summed E-state index contributed by atoms with van der Waals surface area (Å²) in [6.07, 6.45) is 3.16. The van der Waals surface area contributed by atoms with Crippen molar-refractivity contribution in [2.24, 2.45) is 0 Å². The van der Waals surface area contributed by atoms with Gasteiger partial charge in [0.25, 0.3) is 5.91 Å². The van der Waals surface area contributed by atoms with E-state index in [1.807, 2.05) is 0 Å². The number of hydrogen-bond donors (Lipinski definition) is 1. The quantitative estimate of drug-likeness (QED) is 0.859. The predicted molar refractivity (Wildman–Crippen MR) is 82.3 cm³/mol. The first-order chi connectivity index (χ1) is 10.4. The molecule has 2 atom stereocenters. The van der Waals surface area contributed by atoms with Crippen molar-refractivity contribution < 1.29 is 17.9 Å². The van der Waals surface area contributed by atoms with E-state index in [1.165, 1.54) is 17.6 Å². The van der Waals surface area contributed by atoms with Crippen molar-refractivity contribution in [3.63, 3.8) is 0 Å². The highest BCUT2D eigenvalue weighted by molar-refractivity contribution is 7.88. The van der Waals surface area contributed by atoms with Crippen molar-refractivity contribution >= 4 is 27.3 Å². The highest BCUT2D eigenvalue weighted by atomic mass is 32.2. The van der Waals surface area contributed by atoms with Gasteiger partial charge in [-0.15, -0.1) is 11.3 Å². The number of amides is 1. The Bertz CT molecular complexity index is 646. The summed E-state index contributed by atoms with van der Waals surface area (Å²) in [5.74, 6) is -0.0834. The van der Waals surface area contributed by atoms with Gasteiger partial charge in [-0.1, -0.05) is 0 Å². The van der Waals surface area contributed by atoms with Crippen LogP contribution in [0.1, 0.15) is 29.8 Å². The van der Waals surface area contributed by atoms with Crippen molar-refractivity contribution in [2.45, 2.75) is 30.9 Å².